The lowest BCUT2D eigenvalue weighted by atomic mass is 9.74. The molecule has 0 amide bonds. The number of rotatable bonds is 4. The maximum atomic E-state index is 12.6. The van der Waals surface area contributed by atoms with E-state index in [9.17, 15) is 4.79 Å². The van der Waals surface area contributed by atoms with Crippen molar-refractivity contribution in [2.45, 2.75) is 45.1 Å². The molecule has 0 spiro atoms. The second-order valence-electron chi connectivity index (χ2n) is 4.73. The molecule has 1 aromatic rings. The van der Waals surface area contributed by atoms with Gasteiger partial charge in [0.2, 0.25) is 0 Å². The largest absolute Gasteiger partial charge is 0.465 e. The number of carbonyl (C=O) groups excluding carboxylic acids is 1. The van der Waals surface area contributed by atoms with Crippen molar-refractivity contribution in [1.82, 2.24) is 5.43 Å². The van der Waals surface area contributed by atoms with E-state index in [1.807, 2.05) is 31.4 Å². The van der Waals surface area contributed by atoms with E-state index in [2.05, 4.69) is 17.5 Å². The number of thiophene rings is 1. The topological polar surface area (TPSA) is 50.7 Å². The van der Waals surface area contributed by atoms with Crippen LogP contribution >= 0.6 is 11.3 Å². The fourth-order valence-corrected chi connectivity index (χ4v) is 3.46. The predicted molar refractivity (Wildman–Crippen MR) is 77.6 cm³/mol. The Kier molecular flexibility index (Phi) is 4.24. The van der Waals surface area contributed by atoms with Gasteiger partial charge in [-0.3, -0.25) is 4.79 Å². The highest BCUT2D eigenvalue weighted by Gasteiger charge is 2.50. The number of carbonyl (C=O) groups is 1. The average Bonchev–Trinajstić information content (AvgIpc) is 2.94. The minimum Gasteiger partial charge on any atom is -0.465 e. The quantitative estimate of drug-likeness (QED) is 0.863. The summed E-state index contributed by atoms with van der Waals surface area (Å²) in [6, 6.07) is 3.92. The van der Waals surface area contributed by atoms with Crippen LogP contribution in [-0.2, 0) is 14.9 Å². The Morgan fingerprint density at radius 1 is 1.63 bits per heavy atom. The molecule has 2 atom stereocenters. The molecule has 19 heavy (non-hydrogen) atoms. The van der Waals surface area contributed by atoms with Crippen molar-refractivity contribution in [1.29, 1.82) is 0 Å². The van der Waals surface area contributed by atoms with Crippen LogP contribution in [0.3, 0.4) is 0 Å². The van der Waals surface area contributed by atoms with Crippen LogP contribution in [-0.4, -0.2) is 24.3 Å². The lowest BCUT2D eigenvalue weighted by Crippen LogP contribution is -2.55. The lowest BCUT2D eigenvalue weighted by molar-refractivity contribution is -0.151. The summed E-state index contributed by atoms with van der Waals surface area (Å²) >= 11 is 1.60. The summed E-state index contributed by atoms with van der Waals surface area (Å²) in [5.41, 5.74) is 3.47. The first-order chi connectivity index (χ1) is 9.15. The van der Waals surface area contributed by atoms with Crippen molar-refractivity contribution in [3.8, 4) is 0 Å². The van der Waals surface area contributed by atoms with Gasteiger partial charge in [0.1, 0.15) is 5.41 Å². The Morgan fingerprint density at radius 3 is 3.00 bits per heavy atom. The van der Waals surface area contributed by atoms with Gasteiger partial charge in [0.15, 0.2) is 0 Å². The fourth-order valence-electron chi connectivity index (χ4n) is 2.46. The molecule has 1 aromatic heterocycles. The maximum Gasteiger partial charge on any atom is 0.319 e. The normalized spacial score (nSPS) is 26.5. The summed E-state index contributed by atoms with van der Waals surface area (Å²) in [4.78, 5) is 13.6. The van der Waals surface area contributed by atoms with Gasteiger partial charge in [0, 0.05) is 17.0 Å². The van der Waals surface area contributed by atoms with Crippen molar-refractivity contribution in [3.05, 3.63) is 22.4 Å². The number of ether oxygens (including phenoxy) is 1. The maximum absolute atomic E-state index is 12.6. The molecular weight excluding hydrogens is 260 g/mol. The Balaban J connectivity index is 2.45. The number of hydrogen-bond donors (Lipinski definition) is 1. The molecule has 0 aliphatic carbocycles. The monoisotopic (exact) mass is 280 g/mol. The van der Waals surface area contributed by atoms with E-state index in [1.165, 1.54) is 0 Å². The van der Waals surface area contributed by atoms with Crippen molar-refractivity contribution < 1.29 is 9.53 Å². The number of nitrogens with one attached hydrogen (secondary N) is 1. The van der Waals surface area contributed by atoms with Crippen LogP contribution in [0.4, 0.5) is 0 Å². The van der Waals surface area contributed by atoms with Gasteiger partial charge in [-0.2, -0.15) is 5.10 Å². The Morgan fingerprint density at radius 2 is 2.42 bits per heavy atom. The van der Waals surface area contributed by atoms with Crippen molar-refractivity contribution in [2.24, 2.45) is 5.10 Å². The van der Waals surface area contributed by atoms with Crippen LogP contribution in [0.15, 0.2) is 22.6 Å². The Bertz CT molecular complexity index is 470. The van der Waals surface area contributed by atoms with Crippen LogP contribution in [0, 0.1) is 0 Å². The first-order valence-corrected chi connectivity index (χ1v) is 7.55. The lowest BCUT2D eigenvalue weighted by Gasteiger charge is -2.39. The van der Waals surface area contributed by atoms with E-state index in [4.69, 9.17) is 4.74 Å². The second-order valence-corrected chi connectivity index (χ2v) is 5.68. The minimum absolute atomic E-state index is 0.0690. The van der Waals surface area contributed by atoms with Crippen LogP contribution in [0.1, 0.15) is 38.5 Å². The van der Waals surface area contributed by atoms with Gasteiger partial charge < -0.3 is 10.2 Å². The van der Waals surface area contributed by atoms with Gasteiger partial charge >= 0.3 is 5.97 Å². The van der Waals surface area contributed by atoms with Crippen molar-refractivity contribution >= 4 is 23.0 Å². The van der Waals surface area contributed by atoms with E-state index >= 15 is 0 Å². The van der Waals surface area contributed by atoms with Gasteiger partial charge in [0.25, 0.3) is 0 Å². The standard InChI is InChI=1S/C14H20N2O2S/c1-4-11-9-14(10(3)15-16-11,13(17)18-5-2)12-7-6-8-19-12/h6-8,10,15H,4-5,9H2,1-3H3. The van der Waals surface area contributed by atoms with Crippen molar-refractivity contribution in [2.75, 3.05) is 6.61 Å². The molecule has 2 heterocycles. The molecule has 1 N–H and O–H groups in total. The molecule has 0 fully saturated rings. The van der Waals surface area contributed by atoms with E-state index in [-0.39, 0.29) is 12.0 Å². The van der Waals surface area contributed by atoms with Gasteiger partial charge in [0.05, 0.1) is 12.6 Å². The summed E-state index contributed by atoms with van der Waals surface area (Å²) < 4.78 is 5.34. The van der Waals surface area contributed by atoms with E-state index in [0.717, 1.165) is 17.0 Å². The molecule has 0 radical (unpaired) electrons. The van der Waals surface area contributed by atoms with Gasteiger partial charge in [-0.25, -0.2) is 0 Å². The Hall–Kier alpha value is -1.36. The molecule has 2 rings (SSSR count). The highest BCUT2D eigenvalue weighted by molar-refractivity contribution is 7.10. The molecule has 4 nitrogen and oxygen atoms in total. The van der Waals surface area contributed by atoms with Crippen molar-refractivity contribution in [3.63, 3.8) is 0 Å². The smallest absolute Gasteiger partial charge is 0.319 e. The molecule has 0 aromatic carbocycles. The molecule has 1 aliphatic rings. The van der Waals surface area contributed by atoms with Crippen LogP contribution in [0.5, 0.6) is 0 Å². The number of hydrogen-bond acceptors (Lipinski definition) is 5. The van der Waals surface area contributed by atoms with E-state index in [0.29, 0.717) is 13.0 Å². The van der Waals surface area contributed by atoms with Crippen LogP contribution < -0.4 is 5.43 Å². The van der Waals surface area contributed by atoms with Gasteiger partial charge in [-0.05, 0) is 31.7 Å². The molecule has 0 bridgehead atoms. The molecule has 5 heteroatoms. The van der Waals surface area contributed by atoms with E-state index < -0.39 is 5.41 Å². The second kappa shape index (κ2) is 5.74. The van der Waals surface area contributed by atoms with Gasteiger partial charge in [-0.1, -0.05) is 13.0 Å². The van der Waals surface area contributed by atoms with Gasteiger partial charge in [-0.15, -0.1) is 11.3 Å². The summed E-state index contributed by atoms with van der Waals surface area (Å²) in [6.07, 6.45) is 1.48. The summed E-state index contributed by atoms with van der Waals surface area (Å²) in [6.45, 7) is 6.29. The summed E-state index contributed by atoms with van der Waals surface area (Å²) in [5.74, 6) is -0.154. The SMILES string of the molecule is CCOC(=O)C1(c2cccs2)CC(CC)=NNC1C. The number of esters is 1. The zero-order valence-corrected chi connectivity index (χ0v) is 12.4. The third kappa shape index (κ3) is 2.39. The molecule has 0 saturated heterocycles. The molecule has 0 saturated carbocycles. The predicted octanol–water partition coefficient (Wildman–Crippen LogP) is 2.70. The van der Waals surface area contributed by atoms with E-state index in [1.54, 1.807) is 11.3 Å². The highest BCUT2D eigenvalue weighted by atomic mass is 32.1. The summed E-state index contributed by atoms with van der Waals surface area (Å²) in [5, 5.41) is 6.34. The minimum atomic E-state index is -0.642. The summed E-state index contributed by atoms with van der Waals surface area (Å²) in [7, 11) is 0. The average molecular weight is 280 g/mol. The molecular formula is C14H20N2O2S. The molecule has 104 valence electrons. The zero-order chi connectivity index (χ0) is 13.9. The van der Waals surface area contributed by atoms with Crippen LogP contribution in [0.2, 0.25) is 0 Å². The molecule has 1 aliphatic heterocycles. The first-order valence-electron chi connectivity index (χ1n) is 6.67. The Labute approximate surface area is 117 Å². The number of hydrazone groups is 1. The fraction of sp³-hybridized carbons (Fsp3) is 0.571. The third-order valence-corrected chi connectivity index (χ3v) is 4.69. The number of nitrogens with zero attached hydrogens (tertiary/aromatic N) is 1. The highest BCUT2D eigenvalue weighted by Crippen LogP contribution is 2.39. The zero-order valence-electron chi connectivity index (χ0n) is 11.6. The third-order valence-electron chi connectivity index (χ3n) is 3.65. The molecule has 2 unspecified atom stereocenters. The first kappa shape index (κ1) is 14.1. The van der Waals surface area contributed by atoms with Crippen LogP contribution in [0.25, 0.3) is 0 Å².